The van der Waals surface area contributed by atoms with Crippen molar-refractivity contribution in [2.75, 3.05) is 23.7 Å². The van der Waals surface area contributed by atoms with Crippen LogP contribution >= 0.6 is 23.1 Å². The van der Waals surface area contributed by atoms with E-state index < -0.39 is 0 Å². The monoisotopic (exact) mass is 378 g/mol. The Morgan fingerprint density at radius 1 is 1.36 bits per heavy atom. The van der Waals surface area contributed by atoms with Crippen LogP contribution in [0.4, 0.5) is 5.13 Å². The molecule has 8 nitrogen and oxygen atoms in total. The number of nitrogens with one attached hydrogen (secondary N) is 1. The second-order valence-electron chi connectivity index (χ2n) is 6.34. The van der Waals surface area contributed by atoms with E-state index in [1.807, 2.05) is 6.92 Å². The lowest BCUT2D eigenvalue weighted by Crippen LogP contribution is -2.59. The van der Waals surface area contributed by atoms with Crippen molar-refractivity contribution in [2.45, 2.75) is 37.5 Å². The van der Waals surface area contributed by atoms with Gasteiger partial charge in [-0.05, 0) is 13.8 Å². The van der Waals surface area contributed by atoms with Crippen molar-refractivity contribution in [3.05, 3.63) is 27.1 Å². The Kier molecular flexibility index (Phi) is 4.24. The van der Waals surface area contributed by atoms with E-state index in [1.165, 1.54) is 11.8 Å². The minimum Gasteiger partial charge on any atom is -0.350 e. The summed E-state index contributed by atoms with van der Waals surface area (Å²) in [6.07, 6.45) is 1.90. The van der Waals surface area contributed by atoms with Crippen molar-refractivity contribution in [3.63, 3.8) is 0 Å². The molecule has 2 aromatic heterocycles. The summed E-state index contributed by atoms with van der Waals surface area (Å²) in [7, 11) is 0. The first-order valence-electron chi connectivity index (χ1n) is 8.06. The second-order valence-corrected chi connectivity index (χ2v) is 8.49. The van der Waals surface area contributed by atoms with Gasteiger partial charge in [-0.1, -0.05) is 23.1 Å². The number of fused-ring (bicyclic) bond motifs is 1. The molecule has 1 fully saturated rings. The van der Waals surface area contributed by atoms with Gasteiger partial charge in [-0.15, -0.1) is 10.2 Å². The number of rotatable bonds is 4. The minimum atomic E-state index is -0.123. The molecule has 0 aromatic carbocycles. The Labute approximate surface area is 152 Å². The third-order valence-corrected chi connectivity index (χ3v) is 6.37. The van der Waals surface area contributed by atoms with E-state index in [1.54, 1.807) is 29.0 Å². The highest BCUT2D eigenvalue weighted by atomic mass is 32.2. The Hall–Kier alpha value is -1.94. The topological polar surface area (TPSA) is 93.0 Å². The standard InChI is InChI=1S/C15H18N6O2S2/c1-8-4-16-14-21(13(8)23)11(7-24-14)3-12(22)17-10-5-20(6-10)15-19-18-9(2)25-15/h4,10-11H,3,5-7H2,1-2H3,(H,17,22). The SMILES string of the molecule is Cc1nnc(N2CC(NC(=O)CC3CSc4ncc(C)c(=O)n43)C2)s1. The number of hydrogen-bond donors (Lipinski definition) is 1. The molecule has 2 aliphatic rings. The average molecular weight is 378 g/mol. The third kappa shape index (κ3) is 3.15. The van der Waals surface area contributed by atoms with Gasteiger partial charge in [-0.2, -0.15) is 0 Å². The highest BCUT2D eigenvalue weighted by molar-refractivity contribution is 7.99. The van der Waals surface area contributed by atoms with Gasteiger partial charge in [0.1, 0.15) is 5.01 Å². The molecular weight excluding hydrogens is 360 g/mol. The van der Waals surface area contributed by atoms with Crippen molar-refractivity contribution < 1.29 is 4.79 Å². The number of carbonyl (C=O) groups excluding carboxylic acids is 1. The molecule has 25 heavy (non-hydrogen) atoms. The van der Waals surface area contributed by atoms with E-state index in [9.17, 15) is 9.59 Å². The summed E-state index contributed by atoms with van der Waals surface area (Å²) in [4.78, 5) is 31.1. The van der Waals surface area contributed by atoms with Gasteiger partial charge in [-0.25, -0.2) is 4.98 Å². The molecule has 1 unspecified atom stereocenters. The summed E-state index contributed by atoms with van der Waals surface area (Å²) in [5, 5.41) is 13.7. The Balaban J connectivity index is 1.33. The van der Waals surface area contributed by atoms with E-state index in [4.69, 9.17) is 0 Å². The molecular formula is C15H18N6O2S2. The van der Waals surface area contributed by atoms with Gasteiger partial charge < -0.3 is 10.2 Å². The molecule has 132 valence electrons. The predicted molar refractivity (Wildman–Crippen MR) is 96.4 cm³/mol. The van der Waals surface area contributed by atoms with Crippen LogP contribution in [0.1, 0.15) is 23.0 Å². The summed E-state index contributed by atoms with van der Waals surface area (Å²) in [5.41, 5.74) is 0.563. The van der Waals surface area contributed by atoms with Crippen LogP contribution in [-0.2, 0) is 4.79 Å². The predicted octanol–water partition coefficient (Wildman–Crippen LogP) is 0.754. The summed E-state index contributed by atoms with van der Waals surface area (Å²) in [5.74, 6) is 0.685. The molecule has 2 aliphatic heterocycles. The Morgan fingerprint density at radius 3 is 2.88 bits per heavy atom. The van der Waals surface area contributed by atoms with Crippen LogP contribution in [0, 0.1) is 13.8 Å². The highest BCUT2D eigenvalue weighted by Gasteiger charge is 2.32. The summed E-state index contributed by atoms with van der Waals surface area (Å²) >= 11 is 3.09. The van der Waals surface area contributed by atoms with Gasteiger partial charge in [0.25, 0.3) is 5.56 Å². The van der Waals surface area contributed by atoms with E-state index in [0.29, 0.717) is 22.9 Å². The Bertz CT molecular complexity index is 873. The zero-order valence-electron chi connectivity index (χ0n) is 13.9. The number of hydrogen-bond acceptors (Lipinski definition) is 8. The van der Waals surface area contributed by atoms with Gasteiger partial charge in [-0.3, -0.25) is 14.2 Å². The second kappa shape index (κ2) is 6.41. The van der Waals surface area contributed by atoms with Crippen molar-refractivity contribution in [2.24, 2.45) is 0 Å². The van der Waals surface area contributed by atoms with Crippen molar-refractivity contribution in [1.29, 1.82) is 0 Å². The molecule has 0 spiro atoms. The van der Waals surface area contributed by atoms with Crippen LogP contribution in [0.15, 0.2) is 16.1 Å². The molecule has 10 heteroatoms. The third-order valence-electron chi connectivity index (χ3n) is 4.35. The fourth-order valence-corrected chi connectivity index (χ4v) is 4.82. The number of carbonyl (C=O) groups is 1. The largest absolute Gasteiger partial charge is 0.350 e. The van der Waals surface area contributed by atoms with Crippen LogP contribution in [0.3, 0.4) is 0 Å². The van der Waals surface area contributed by atoms with Crippen LogP contribution in [0.5, 0.6) is 0 Å². The number of amides is 1. The number of nitrogens with zero attached hydrogens (tertiary/aromatic N) is 5. The van der Waals surface area contributed by atoms with E-state index in [0.717, 1.165) is 23.2 Å². The maximum atomic E-state index is 12.4. The van der Waals surface area contributed by atoms with Crippen LogP contribution in [0.25, 0.3) is 0 Å². The van der Waals surface area contributed by atoms with Crippen LogP contribution < -0.4 is 15.8 Å². The first-order valence-corrected chi connectivity index (χ1v) is 9.87. The smallest absolute Gasteiger partial charge is 0.257 e. The van der Waals surface area contributed by atoms with Crippen LogP contribution in [0.2, 0.25) is 0 Å². The summed E-state index contributed by atoms with van der Waals surface area (Å²) in [6, 6.07) is -0.000481. The van der Waals surface area contributed by atoms with E-state index in [-0.39, 0.29) is 23.6 Å². The van der Waals surface area contributed by atoms with Gasteiger partial charge in [0.15, 0.2) is 5.16 Å². The average Bonchev–Trinajstić information content (AvgIpc) is 3.13. The molecule has 2 aromatic rings. The number of aromatic nitrogens is 4. The molecule has 1 saturated heterocycles. The normalized spacial score (nSPS) is 19.6. The summed E-state index contributed by atoms with van der Waals surface area (Å²) in [6.45, 7) is 5.17. The van der Waals surface area contributed by atoms with Crippen molar-refractivity contribution >= 4 is 34.1 Å². The first kappa shape index (κ1) is 16.5. The first-order chi connectivity index (χ1) is 12.0. The fourth-order valence-electron chi connectivity index (χ4n) is 3.01. The lowest BCUT2D eigenvalue weighted by molar-refractivity contribution is -0.122. The van der Waals surface area contributed by atoms with Gasteiger partial charge in [0.05, 0.1) is 12.1 Å². The highest BCUT2D eigenvalue weighted by Crippen LogP contribution is 2.32. The Morgan fingerprint density at radius 2 is 2.16 bits per heavy atom. The fraction of sp³-hybridized carbons (Fsp3) is 0.533. The van der Waals surface area contributed by atoms with E-state index >= 15 is 0 Å². The maximum Gasteiger partial charge on any atom is 0.257 e. The lowest BCUT2D eigenvalue weighted by atomic mass is 10.1. The van der Waals surface area contributed by atoms with Gasteiger partial charge in [0.2, 0.25) is 11.0 Å². The zero-order valence-corrected chi connectivity index (χ0v) is 15.6. The van der Waals surface area contributed by atoms with Gasteiger partial charge in [0, 0.05) is 37.0 Å². The number of thioether (sulfide) groups is 1. The lowest BCUT2D eigenvalue weighted by Gasteiger charge is -2.39. The maximum absolute atomic E-state index is 12.4. The van der Waals surface area contributed by atoms with Crippen molar-refractivity contribution in [3.8, 4) is 0 Å². The van der Waals surface area contributed by atoms with E-state index in [2.05, 4.69) is 25.4 Å². The number of anilines is 1. The summed E-state index contributed by atoms with van der Waals surface area (Å²) < 4.78 is 1.66. The quantitative estimate of drug-likeness (QED) is 0.785. The van der Waals surface area contributed by atoms with Crippen LogP contribution in [-0.4, -0.2) is 50.5 Å². The molecule has 0 bridgehead atoms. The van der Waals surface area contributed by atoms with Gasteiger partial charge >= 0.3 is 0 Å². The molecule has 0 aliphatic carbocycles. The molecule has 0 saturated carbocycles. The molecule has 1 atom stereocenters. The molecule has 1 amide bonds. The molecule has 0 radical (unpaired) electrons. The molecule has 1 N–H and O–H groups in total. The molecule has 4 heterocycles. The number of aryl methyl sites for hydroxylation is 2. The van der Waals surface area contributed by atoms with Crippen molar-refractivity contribution in [1.82, 2.24) is 25.1 Å². The molecule has 4 rings (SSSR count). The zero-order chi connectivity index (χ0) is 17.6. The minimum absolute atomic E-state index is 0.0232.